The number of aliphatic carboxylic acids is 1. The summed E-state index contributed by atoms with van der Waals surface area (Å²) in [5.74, 6) is -0.0798. The highest BCUT2D eigenvalue weighted by Crippen LogP contribution is 2.28. The van der Waals surface area contributed by atoms with E-state index < -0.39 is 11.5 Å². The highest BCUT2D eigenvalue weighted by atomic mass is 16.4. The monoisotopic (exact) mass is 277 g/mol. The number of nitrogens with zero attached hydrogens (tertiary/aromatic N) is 1. The molecule has 1 aromatic carbocycles. The number of hydrogen-bond acceptors (Lipinski definition) is 3. The first-order valence-corrected chi connectivity index (χ1v) is 7.18. The standard InChI is InChI=1S/C16H23NO3/c1-12-5-4-8-17(11-12)16(2,15(19)20)10-13-6-3-7-14(18)9-13/h3,6-7,9,12,18H,4-5,8,10-11H2,1-2H3,(H,19,20). The second-order valence-electron chi connectivity index (χ2n) is 6.12. The minimum absolute atomic E-state index is 0.183. The van der Waals surface area contributed by atoms with E-state index in [-0.39, 0.29) is 5.75 Å². The third-order valence-corrected chi connectivity index (χ3v) is 4.27. The van der Waals surface area contributed by atoms with Crippen molar-refractivity contribution < 1.29 is 15.0 Å². The van der Waals surface area contributed by atoms with E-state index in [4.69, 9.17) is 0 Å². The molecule has 1 fully saturated rings. The molecule has 4 nitrogen and oxygen atoms in total. The van der Waals surface area contributed by atoms with Gasteiger partial charge in [0.15, 0.2) is 0 Å². The summed E-state index contributed by atoms with van der Waals surface area (Å²) >= 11 is 0. The quantitative estimate of drug-likeness (QED) is 0.887. The predicted octanol–water partition coefficient (Wildman–Crippen LogP) is 2.51. The van der Waals surface area contributed by atoms with Crippen molar-refractivity contribution in [1.82, 2.24) is 4.90 Å². The molecule has 1 heterocycles. The van der Waals surface area contributed by atoms with Gasteiger partial charge in [0.1, 0.15) is 11.3 Å². The van der Waals surface area contributed by atoms with Gasteiger partial charge in [-0.2, -0.15) is 0 Å². The molecule has 2 N–H and O–H groups in total. The van der Waals surface area contributed by atoms with Gasteiger partial charge in [-0.3, -0.25) is 9.69 Å². The van der Waals surface area contributed by atoms with Crippen molar-refractivity contribution in [2.75, 3.05) is 13.1 Å². The van der Waals surface area contributed by atoms with Crippen molar-refractivity contribution >= 4 is 5.97 Å². The zero-order valence-corrected chi connectivity index (χ0v) is 12.2. The van der Waals surface area contributed by atoms with Crippen LogP contribution in [-0.4, -0.2) is 39.7 Å². The maximum Gasteiger partial charge on any atom is 0.324 e. The lowest BCUT2D eigenvalue weighted by molar-refractivity contribution is -0.151. The summed E-state index contributed by atoms with van der Waals surface area (Å²) in [7, 11) is 0. The van der Waals surface area contributed by atoms with E-state index in [0.29, 0.717) is 12.3 Å². The van der Waals surface area contributed by atoms with E-state index >= 15 is 0 Å². The molecule has 4 heteroatoms. The Hall–Kier alpha value is -1.55. The zero-order chi connectivity index (χ0) is 14.8. The number of carboxylic acids is 1. The fraction of sp³-hybridized carbons (Fsp3) is 0.562. The number of piperidine rings is 1. The van der Waals surface area contributed by atoms with E-state index in [9.17, 15) is 15.0 Å². The summed E-state index contributed by atoms with van der Waals surface area (Å²) in [5, 5.41) is 19.2. The molecule has 0 saturated carbocycles. The molecule has 2 unspecified atom stereocenters. The Kier molecular flexibility index (Phi) is 4.33. The molecule has 0 amide bonds. The SMILES string of the molecule is CC1CCCN(C(C)(Cc2cccc(O)c2)C(=O)O)C1. The van der Waals surface area contributed by atoms with Crippen molar-refractivity contribution in [3.05, 3.63) is 29.8 Å². The number of aromatic hydroxyl groups is 1. The molecule has 2 rings (SSSR count). The van der Waals surface area contributed by atoms with Crippen LogP contribution in [0.1, 0.15) is 32.3 Å². The highest BCUT2D eigenvalue weighted by Gasteiger charge is 2.41. The van der Waals surface area contributed by atoms with Crippen LogP contribution in [0, 0.1) is 5.92 Å². The second kappa shape index (κ2) is 5.83. The summed E-state index contributed by atoms with van der Waals surface area (Å²) in [6, 6.07) is 6.87. The Morgan fingerprint density at radius 3 is 2.85 bits per heavy atom. The average molecular weight is 277 g/mol. The van der Waals surface area contributed by atoms with E-state index in [1.54, 1.807) is 25.1 Å². The van der Waals surface area contributed by atoms with Gasteiger partial charge >= 0.3 is 5.97 Å². The van der Waals surface area contributed by atoms with Crippen LogP contribution in [0.2, 0.25) is 0 Å². The molecule has 0 aliphatic carbocycles. The van der Waals surface area contributed by atoms with Crippen molar-refractivity contribution in [3.8, 4) is 5.75 Å². The molecule has 2 atom stereocenters. The van der Waals surface area contributed by atoms with Gasteiger partial charge in [0.25, 0.3) is 0 Å². The van der Waals surface area contributed by atoms with Gasteiger partial charge < -0.3 is 10.2 Å². The number of phenolic OH excluding ortho intramolecular Hbond substituents is 1. The molecule has 20 heavy (non-hydrogen) atoms. The molecule has 1 aliphatic rings. The maximum absolute atomic E-state index is 11.8. The number of carbonyl (C=O) groups is 1. The molecule has 0 spiro atoms. The van der Waals surface area contributed by atoms with Crippen LogP contribution in [0.3, 0.4) is 0 Å². The molecular weight excluding hydrogens is 254 g/mol. The number of likely N-dealkylation sites (tertiary alicyclic amines) is 1. The lowest BCUT2D eigenvalue weighted by Gasteiger charge is -2.42. The number of hydrogen-bond donors (Lipinski definition) is 2. The van der Waals surface area contributed by atoms with Gasteiger partial charge in [0.05, 0.1) is 0 Å². The first-order chi connectivity index (χ1) is 9.41. The minimum atomic E-state index is -0.914. The van der Waals surface area contributed by atoms with Gasteiger partial charge in [-0.05, 0) is 49.9 Å². The number of carboxylic acid groups (broad SMARTS) is 1. The minimum Gasteiger partial charge on any atom is -0.508 e. The molecule has 0 bridgehead atoms. The van der Waals surface area contributed by atoms with Gasteiger partial charge in [-0.25, -0.2) is 0 Å². The summed E-state index contributed by atoms with van der Waals surface area (Å²) in [6.45, 7) is 5.60. The number of rotatable bonds is 4. The fourth-order valence-corrected chi connectivity index (χ4v) is 3.02. The Morgan fingerprint density at radius 2 is 2.25 bits per heavy atom. The highest BCUT2D eigenvalue weighted by molar-refractivity contribution is 5.78. The smallest absolute Gasteiger partial charge is 0.324 e. The van der Waals surface area contributed by atoms with Crippen LogP contribution in [0.25, 0.3) is 0 Å². The van der Waals surface area contributed by atoms with E-state index in [1.165, 1.54) is 6.42 Å². The fourth-order valence-electron chi connectivity index (χ4n) is 3.02. The zero-order valence-electron chi connectivity index (χ0n) is 12.2. The van der Waals surface area contributed by atoms with Crippen LogP contribution in [0.4, 0.5) is 0 Å². The van der Waals surface area contributed by atoms with Gasteiger partial charge in [0.2, 0.25) is 0 Å². The van der Waals surface area contributed by atoms with E-state index in [1.807, 2.05) is 6.07 Å². The Labute approximate surface area is 120 Å². The Balaban J connectivity index is 2.22. The van der Waals surface area contributed by atoms with Crippen LogP contribution in [0.5, 0.6) is 5.75 Å². The van der Waals surface area contributed by atoms with Crippen molar-refractivity contribution in [1.29, 1.82) is 0 Å². The first-order valence-electron chi connectivity index (χ1n) is 7.18. The Bertz CT molecular complexity index is 488. The predicted molar refractivity (Wildman–Crippen MR) is 77.8 cm³/mol. The molecule has 110 valence electrons. The van der Waals surface area contributed by atoms with Crippen molar-refractivity contribution in [3.63, 3.8) is 0 Å². The molecular formula is C16H23NO3. The average Bonchev–Trinajstić information content (AvgIpc) is 2.38. The maximum atomic E-state index is 11.8. The molecule has 0 radical (unpaired) electrons. The van der Waals surface area contributed by atoms with Crippen LogP contribution < -0.4 is 0 Å². The van der Waals surface area contributed by atoms with Crippen LogP contribution in [0.15, 0.2) is 24.3 Å². The Morgan fingerprint density at radius 1 is 1.50 bits per heavy atom. The molecule has 0 aromatic heterocycles. The second-order valence-corrected chi connectivity index (χ2v) is 6.12. The largest absolute Gasteiger partial charge is 0.508 e. The third kappa shape index (κ3) is 3.12. The van der Waals surface area contributed by atoms with Crippen LogP contribution in [-0.2, 0) is 11.2 Å². The number of benzene rings is 1. The van der Waals surface area contributed by atoms with E-state index in [0.717, 1.165) is 25.1 Å². The third-order valence-electron chi connectivity index (χ3n) is 4.27. The lowest BCUT2D eigenvalue weighted by Crippen LogP contribution is -2.56. The first kappa shape index (κ1) is 14.9. The van der Waals surface area contributed by atoms with Crippen molar-refractivity contribution in [2.45, 2.75) is 38.6 Å². The molecule has 1 saturated heterocycles. The van der Waals surface area contributed by atoms with Gasteiger partial charge in [-0.15, -0.1) is 0 Å². The van der Waals surface area contributed by atoms with Gasteiger partial charge in [0, 0.05) is 13.0 Å². The van der Waals surface area contributed by atoms with Gasteiger partial charge in [-0.1, -0.05) is 19.1 Å². The number of phenols is 1. The topological polar surface area (TPSA) is 60.8 Å². The lowest BCUT2D eigenvalue weighted by atomic mass is 9.87. The van der Waals surface area contributed by atoms with Crippen molar-refractivity contribution in [2.24, 2.45) is 5.92 Å². The van der Waals surface area contributed by atoms with Crippen LogP contribution >= 0.6 is 0 Å². The summed E-state index contributed by atoms with van der Waals surface area (Å²) in [5.41, 5.74) is -0.0595. The normalized spacial score (nSPS) is 23.2. The molecule has 1 aromatic rings. The summed E-state index contributed by atoms with van der Waals surface area (Å²) < 4.78 is 0. The molecule has 1 aliphatic heterocycles. The van der Waals surface area contributed by atoms with E-state index in [2.05, 4.69) is 11.8 Å². The summed E-state index contributed by atoms with van der Waals surface area (Å²) in [4.78, 5) is 13.9. The summed E-state index contributed by atoms with van der Waals surface area (Å²) in [6.07, 6.45) is 2.62.